The summed E-state index contributed by atoms with van der Waals surface area (Å²) < 4.78 is 46.2. The summed E-state index contributed by atoms with van der Waals surface area (Å²) in [6.07, 6.45) is 5.15. The highest BCUT2D eigenvalue weighted by Crippen LogP contribution is 2.37. The second-order valence-electron chi connectivity index (χ2n) is 8.18. The summed E-state index contributed by atoms with van der Waals surface area (Å²) in [7, 11) is -0.841. The topological polar surface area (TPSA) is 131 Å². The first-order valence-corrected chi connectivity index (χ1v) is 13.8. The number of hydrogen-bond donors (Lipinski definition) is 0. The van der Waals surface area contributed by atoms with E-state index >= 15 is 0 Å². The predicted molar refractivity (Wildman–Crippen MR) is 141 cm³/mol. The number of ether oxygens (including phenoxy) is 3. The molecule has 0 radical (unpaired) electrons. The van der Waals surface area contributed by atoms with Crippen LogP contribution in [0, 0.1) is 0 Å². The quantitative estimate of drug-likeness (QED) is 0.267. The maximum absolute atomic E-state index is 13.8. The first-order valence-electron chi connectivity index (χ1n) is 11.7. The van der Waals surface area contributed by atoms with Gasteiger partial charge in [-0.25, -0.2) is 13.4 Å². The van der Waals surface area contributed by atoms with Gasteiger partial charge in [-0.1, -0.05) is 17.7 Å². The Kier molecular flexibility index (Phi) is 8.55. The summed E-state index contributed by atoms with van der Waals surface area (Å²) >= 11 is 5.87. The smallest absolute Gasteiger partial charge is 0.170 e. The summed E-state index contributed by atoms with van der Waals surface area (Å²) in [5.74, 6) is 0.988. The number of aromatic nitrogens is 6. The minimum absolute atomic E-state index is 0.163. The fourth-order valence-corrected chi connectivity index (χ4v) is 5.49. The average Bonchev–Trinajstić information content (AvgIpc) is 3.34. The zero-order valence-electron chi connectivity index (χ0n) is 21.3. The third-order valence-electron chi connectivity index (χ3n) is 5.88. The Labute approximate surface area is 225 Å². The van der Waals surface area contributed by atoms with Crippen molar-refractivity contribution in [1.82, 2.24) is 29.7 Å². The molecule has 0 amide bonds. The Bertz CT molecular complexity index is 1460. The van der Waals surface area contributed by atoms with E-state index in [1.807, 2.05) is 0 Å². The lowest BCUT2D eigenvalue weighted by atomic mass is 10.2. The van der Waals surface area contributed by atoms with Crippen LogP contribution < -0.4 is 9.47 Å². The van der Waals surface area contributed by atoms with Gasteiger partial charge in [-0.2, -0.15) is 0 Å². The monoisotopic (exact) mass is 558 g/mol. The van der Waals surface area contributed by atoms with Crippen LogP contribution in [0.5, 0.6) is 11.5 Å². The lowest BCUT2D eigenvalue weighted by Gasteiger charge is -2.23. The minimum Gasteiger partial charge on any atom is -0.494 e. The van der Waals surface area contributed by atoms with E-state index in [0.29, 0.717) is 34.3 Å². The van der Waals surface area contributed by atoms with E-state index < -0.39 is 26.9 Å². The second-order valence-corrected chi connectivity index (χ2v) is 10.9. The zero-order valence-corrected chi connectivity index (χ0v) is 22.8. The van der Waals surface area contributed by atoms with Crippen molar-refractivity contribution in [3.05, 3.63) is 71.8 Å². The molecule has 13 heteroatoms. The van der Waals surface area contributed by atoms with Crippen LogP contribution in [0.4, 0.5) is 0 Å². The number of nitrogens with zero attached hydrogens (tertiary/aromatic N) is 6. The summed E-state index contributed by atoms with van der Waals surface area (Å²) in [4.78, 5) is 12.4. The number of methoxy groups -OCH3 is 2. The van der Waals surface area contributed by atoms with Crippen molar-refractivity contribution in [1.29, 1.82) is 0 Å². The number of sulfone groups is 1. The van der Waals surface area contributed by atoms with Crippen LogP contribution in [0.2, 0.25) is 5.15 Å². The van der Waals surface area contributed by atoms with Gasteiger partial charge in [0.05, 0.1) is 37.6 Å². The molecule has 3 aromatic heterocycles. The Morgan fingerprint density at radius 2 is 1.74 bits per heavy atom. The molecule has 1 aromatic carbocycles. The molecule has 4 rings (SSSR count). The second kappa shape index (κ2) is 11.8. The molecule has 200 valence electrons. The number of para-hydroxylation sites is 1. The van der Waals surface area contributed by atoms with Crippen molar-refractivity contribution < 1.29 is 22.6 Å². The minimum atomic E-state index is -3.88. The first kappa shape index (κ1) is 27.4. The van der Waals surface area contributed by atoms with Crippen LogP contribution >= 0.6 is 11.6 Å². The molecule has 0 aliphatic carbocycles. The molecule has 38 heavy (non-hydrogen) atoms. The molecule has 0 saturated carbocycles. The van der Waals surface area contributed by atoms with Gasteiger partial charge in [-0.15, -0.1) is 10.2 Å². The molecule has 0 unspecified atom stereocenters. The predicted octanol–water partition coefficient (Wildman–Crippen LogP) is 3.87. The molecular weight excluding hydrogens is 532 g/mol. The number of hydrogen-bond acceptors (Lipinski definition) is 10. The Balaban J connectivity index is 1.83. The van der Waals surface area contributed by atoms with Gasteiger partial charge in [0.1, 0.15) is 34.2 Å². The van der Waals surface area contributed by atoms with Crippen molar-refractivity contribution >= 4 is 21.4 Å². The fraction of sp³-hybridized carbons (Fsp3) is 0.320. The van der Waals surface area contributed by atoms with Gasteiger partial charge < -0.3 is 14.2 Å². The first-order chi connectivity index (χ1) is 18.3. The SMILES string of the molecule is CCO[C@H](c1cnc(Cl)cn1)[C@H](C)S(=O)(=O)Cc1nnc(-c2cccnc2)n1-c1c(OC)cccc1OC. The van der Waals surface area contributed by atoms with Gasteiger partial charge in [0, 0.05) is 24.6 Å². The Hall–Kier alpha value is -3.61. The van der Waals surface area contributed by atoms with Crippen LogP contribution in [0.25, 0.3) is 17.1 Å². The number of rotatable bonds is 11. The fourth-order valence-electron chi connectivity index (χ4n) is 3.99. The number of halogens is 1. The van der Waals surface area contributed by atoms with Gasteiger partial charge in [0.2, 0.25) is 0 Å². The van der Waals surface area contributed by atoms with Crippen LogP contribution in [-0.4, -0.2) is 64.2 Å². The lowest BCUT2D eigenvalue weighted by molar-refractivity contribution is 0.0587. The molecule has 0 saturated heterocycles. The Morgan fingerprint density at radius 3 is 2.32 bits per heavy atom. The summed E-state index contributed by atoms with van der Waals surface area (Å²) in [5, 5.41) is 7.82. The van der Waals surface area contributed by atoms with Gasteiger partial charge in [0.15, 0.2) is 21.5 Å². The third kappa shape index (κ3) is 5.62. The molecule has 0 aliphatic heterocycles. The Morgan fingerprint density at radius 1 is 1.00 bits per heavy atom. The summed E-state index contributed by atoms with van der Waals surface area (Å²) in [6.45, 7) is 3.62. The summed E-state index contributed by atoms with van der Waals surface area (Å²) in [5.41, 5.74) is 1.45. The van der Waals surface area contributed by atoms with Crippen LogP contribution in [0.15, 0.2) is 55.1 Å². The van der Waals surface area contributed by atoms with Gasteiger partial charge in [-0.05, 0) is 38.1 Å². The third-order valence-corrected chi connectivity index (χ3v) is 8.11. The molecule has 3 heterocycles. The lowest BCUT2D eigenvalue weighted by Crippen LogP contribution is -2.30. The van der Waals surface area contributed by atoms with E-state index in [1.54, 1.807) is 61.1 Å². The van der Waals surface area contributed by atoms with Crippen molar-refractivity contribution in [3.8, 4) is 28.6 Å². The van der Waals surface area contributed by atoms with Crippen molar-refractivity contribution in [2.24, 2.45) is 0 Å². The molecule has 4 aromatic rings. The van der Waals surface area contributed by atoms with E-state index in [-0.39, 0.29) is 17.6 Å². The maximum Gasteiger partial charge on any atom is 0.170 e. The maximum atomic E-state index is 13.8. The molecule has 0 spiro atoms. The largest absolute Gasteiger partial charge is 0.494 e. The van der Waals surface area contributed by atoms with Crippen LogP contribution in [0.3, 0.4) is 0 Å². The molecule has 0 bridgehead atoms. The molecule has 0 N–H and O–H groups in total. The van der Waals surface area contributed by atoms with Crippen molar-refractivity contribution in [2.75, 3.05) is 20.8 Å². The average molecular weight is 559 g/mol. The van der Waals surface area contributed by atoms with E-state index in [0.717, 1.165) is 0 Å². The molecule has 2 atom stereocenters. The van der Waals surface area contributed by atoms with E-state index in [9.17, 15) is 8.42 Å². The van der Waals surface area contributed by atoms with Crippen LogP contribution in [-0.2, 0) is 20.3 Å². The van der Waals surface area contributed by atoms with Crippen molar-refractivity contribution in [3.63, 3.8) is 0 Å². The highest BCUT2D eigenvalue weighted by atomic mass is 35.5. The molecule has 0 aliphatic rings. The van der Waals surface area contributed by atoms with Crippen molar-refractivity contribution in [2.45, 2.75) is 31.0 Å². The van der Waals surface area contributed by atoms with E-state index in [1.165, 1.54) is 26.6 Å². The van der Waals surface area contributed by atoms with Gasteiger partial charge in [-0.3, -0.25) is 14.5 Å². The highest BCUT2D eigenvalue weighted by Gasteiger charge is 2.35. The molecule has 11 nitrogen and oxygen atoms in total. The van der Waals surface area contributed by atoms with E-state index in [2.05, 4.69) is 25.1 Å². The highest BCUT2D eigenvalue weighted by molar-refractivity contribution is 7.91. The number of benzene rings is 1. The van der Waals surface area contributed by atoms with E-state index in [4.69, 9.17) is 25.8 Å². The standard InChI is InChI=1S/C25H27ClN6O5S/c1-5-37-24(18-13-29-21(26)14-28-18)16(2)38(33,34)15-22-30-31-25(17-8-7-11-27-12-17)32(22)23-19(35-3)9-6-10-20(23)36-4/h6-14,16,24H,5,15H2,1-4H3/t16-,24-/m0/s1. The van der Waals surface area contributed by atoms with Gasteiger partial charge in [0.25, 0.3) is 0 Å². The normalized spacial score (nSPS) is 13.2. The number of pyridine rings is 1. The molecule has 0 fully saturated rings. The van der Waals surface area contributed by atoms with Gasteiger partial charge >= 0.3 is 0 Å². The molecular formula is C25H27ClN6O5S. The summed E-state index contributed by atoms with van der Waals surface area (Å²) in [6, 6.07) is 8.83. The van der Waals surface area contributed by atoms with Crippen LogP contribution in [0.1, 0.15) is 31.5 Å². The zero-order chi connectivity index (χ0) is 27.3.